The maximum Gasteiger partial charge on any atom is 0.537 e. The maximum atomic E-state index is 6.06. The minimum atomic E-state index is -2.75. The standard InChI is InChI=1S/C14H24O3SSi/c1-3-15-19(16-4-2,17-12-8-9-13-18)14-10-6-5-7-11-14/h5-7,10-11,18H,3-4,8-9,12-13H2,1-2H3. The average Bonchev–Trinajstić information content (AvgIpc) is 2.45. The highest BCUT2D eigenvalue weighted by Crippen LogP contribution is 2.12. The summed E-state index contributed by atoms with van der Waals surface area (Å²) in [4.78, 5) is 0. The summed E-state index contributed by atoms with van der Waals surface area (Å²) in [6, 6.07) is 10.0. The van der Waals surface area contributed by atoms with Crippen LogP contribution in [0.5, 0.6) is 0 Å². The summed E-state index contributed by atoms with van der Waals surface area (Å²) in [7, 11) is -2.75. The summed E-state index contributed by atoms with van der Waals surface area (Å²) < 4.78 is 17.9. The van der Waals surface area contributed by atoms with E-state index in [9.17, 15) is 0 Å². The SMILES string of the molecule is CCO[Si](OCC)(OCCCCS)c1ccccc1. The van der Waals surface area contributed by atoms with Gasteiger partial charge in [0.1, 0.15) is 0 Å². The molecule has 108 valence electrons. The number of thiol groups is 1. The van der Waals surface area contributed by atoms with Crippen LogP contribution in [-0.4, -0.2) is 34.4 Å². The molecular weight excluding hydrogens is 276 g/mol. The Morgan fingerprint density at radius 3 is 2.11 bits per heavy atom. The first-order valence-electron chi connectivity index (χ1n) is 6.87. The van der Waals surface area contributed by atoms with E-state index in [-0.39, 0.29) is 0 Å². The van der Waals surface area contributed by atoms with Crippen molar-refractivity contribution in [3.05, 3.63) is 30.3 Å². The van der Waals surface area contributed by atoms with Gasteiger partial charge < -0.3 is 13.3 Å². The first-order valence-corrected chi connectivity index (χ1v) is 9.23. The zero-order valence-electron chi connectivity index (χ0n) is 11.8. The van der Waals surface area contributed by atoms with Crippen LogP contribution in [0.1, 0.15) is 26.7 Å². The molecule has 0 saturated carbocycles. The Morgan fingerprint density at radius 1 is 0.947 bits per heavy atom. The summed E-state index contributed by atoms with van der Waals surface area (Å²) >= 11 is 4.21. The van der Waals surface area contributed by atoms with Gasteiger partial charge in [0.05, 0.1) is 0 Å². The lowest BCUT2D eigenvalue weighted by atomic mass is 10.4. The van der Waals surface area contributed by atoms with Gasteiger partial charge in [-0.1, -0.05) is 30.3 Å². The third-order valence-electron chi connectivity index (χ3n) is 2.64. The third kappa shape index (κ3) is 5.28. The van der Waals surface area contributed by atoms with E-state index in [0.717, 1.165) is 23.8 Å². The second-order valence-electron chi connectivity index (χ2n) is 4.07. The van der Waals surface area contributed by atoms with Crippen LogP contribution in [0, 0.1) is 0 Å². The van der Waals surface area contributed by atoms with Crippen molar-refractivity contribution in [2.45, 2.75) is 26.7 Å². The molecule has 0 spiro atoms. The summed E-state index contributed by atoms with van der Waals surface area (Å²) in [6.07, 6.45) is 2.02. The van der Waals surface area contributed by atoms with E-state index < -0.39 is 8.80 Å². The lowest BCUT2D eigenvalue weighted by molar-refractivity contribution is 0.0804. The molecule has 0 atom stereocenters. The van der Waals surface area contributed by atoms with Crippen LogP contribution in [-0.2, 0) is 13.3 Å². The van der Waals surface area contributed by atoms with Gasteiger partial charge in [-0.05, 0) is 32.4 Å². The van der Waals surface area contributed by atoms with Crippen LogP contribution < -0.4 is 5.19 Å². The topological polar surface area (TPSA) is 27.7 Å². The van der Waals surface area contributed by atoms with Gasteiger partial charge in [-0.15, -0.1) is 0 Å². The molecule has 0 aliphatic rings. The average molecular weight is 300 g/mol. The van der Waals surface area contributed by atoms with E-state index in [1.807, 2.05) is 44.2 Å². The molecule has 0 bridgehead atoms. The van der Waals surface area contributed by atoms with Crippen LogP contribution in [0.25, 0.3) is 0 Å². The van der Waals surface area contributed by atoms with Gasteiger partial charge in [-0.3, -0.25) is 0 Å². The van der Waals surface area contributed by atoms with Crippen molar-refractivity contribution in [2.24, 2.45) is 0 Å². The fourth-order valence-electron chi connectivity index (χ4n) is 1.82. The van der Waals surface area contributed by atoms with Crippen molar-refractivity contribution in [2.75, 3.05) is 25.6 Å². The number of benzene rings is 1. The van der Waals surface area contributed by atoms with Gasteiger partial charge in [0.25, 0.3) is 0 Å². The molecule has 0 aliphatic heterocycles. The van der Waals surface area contributed by atoms with Gasteiger partial charge in [-0.2, -0.15) is 12.6 Å². The molecule has 0 unspecified atom stereocenters. The van der Waals surface area contributed by atoms with Crippen molar-refractivity contribution < 1.29 is 13.3 Å². The Balaban J connectivity index is 2.81. The summed E-state index contributed by atoms with van der Waals surface area (Å²) in [5.74, 6) is 0.881. The van der Waals surface area contributed by atoms with E-state index in [0.29, 0.717) is 19.8 Å². The van der Waals surface area contributed by atoms with E-state index in [1.54, 1.807) is 0 Å². The predicted molar refractivity (Wildman–Crippen MR) is 84.1 cm³/mol. The molecule has 0 saturated heterocycles. The molecule has 0 radical (unpaired) electrons. The lowest BCUT2D eigenvalue weighted by Crippen LogP contribution is -2.57. The van der Waals surface area contributed by atoms with Crippen LogP contribution >= 0.6 is 12.6 Å². The quantitative estimate of drug-likeness (QED) is 0.409. The monoisotopic (exact) mass is 300 g/mol. The maximum absolute atomic E-state index is 6.06. The summed E-state index contributed by atoms with van der Waals surface area (Å²) in [5.41, 5.74) is 0. The largest absolute Gasteiger partial charge is 0.537 e. The van der Waals surface area contributed by atoms with Crippen LogP contribution in [0.3, 0.4) is 0 Å². The molecule has 19 heavy (non-hydrogen) atoms. The molecule has 0 fully saturated rings. The zero-order valence-corrected chi connectivity index (χ0v) is 13.7. The van der Waals surface area contributed by atoms with Crippen molar-refractivity contribution in [3.8, 4) is 0 Å². The molecule has 0 aliphatic carbocycles. The molecular formula is C14H24O3SSi. The van der Waals surface area contributed by atoms with E-state index in [1.165, 1.54) is 0 Å². The lowest BCUT2D eigenvalue weighted by Gasteiger charge is -2.29. The number of hydrogen-bond donors (Lipinski definition) is 1. The Labute approximate surface area is 123 Å². The third-order valence-corrected chi connectivity index (χ3v) is 5.92. The molecule has 0 heterocycles. The number of unbranched alkanes of at least 4 members (excludes halogenated alkanes) is 1. The minimum Gasteiger partial charge on any atom is -0.370 e. The first-order chi connectivity index (χ1) is 9.29. The van der Waals surface area contributed by atoms with Gasteiger partial charge in [0, 0.05) is 25.0 Å². The molecule has 0 amide bonds. The normalized spacial score (nSPS) is 11.7. The molecule has 1 rings (SSSR count). The van der Waals surface area contributed by atoms with E-state index in [4.69, 9.17) is 13.3 Å². The Kier molecular flexibility index (Phi) is 8.41. The predicted octanol–water partition coefficient (Wildman–Crippen LogP) is 2.63. The van der Waals surface area contributed by atoms with Crippen molar-refractivity contribution in [3.63, 3.8) is 0 Å². The Hall–Kier alpha value is -0.333. The Bertz CT molecular complexity index is 329. The molecule has 1 aromatic carbocycles. The minimum absolute atomic E-state index is 0.591. The van der Waals surface area contributed by atoms with Crippen LogP contribution in [0.4, 0.5) is 0 Å². The Morgan fingerprint density at radius 2 is 1.58 bits per heavy atom. The fourth-order valence-corrected chi connectivity index (χ4v) is 4.57. The fraction of sp³-hybridized carbons (Fsp3) is 0.571. The van der Waals surface area contributed by atoms with Gasteiger partial charge in [-0.25, -0.2) is 0 Å². The number of hydrogen-bond acceptors (Lipinski definition) is 4. The van der Waals surface area contributed by atoms with E-state index in [2.05, 4.69) is 12.6 Å². The van der Waals surface area contributed by atoms with Gasteiger partial charge in [0.15, 0.2) is 0 Å². The summed E-state index contributed by atoms with van der Waals surface area (Å²) in [5, 5.41) is 1.03. The van der Waals surface area contributed by atoms with Gasteiger partial charge in [0.2, 0.25) is 0 Å². The molecule has 1 aromatic rings. The molecule has 0 aromatic heterocycles. The second kappa shape index (κ2) is 9.55. The smallest absolute Gasteiger partial charge is 0.370 e. The first kappa shape index (κ1) is 16.7. The highest BCUT2D eigenvalue weighted by Gasteiger charge is 2.43. The second-order valence-corrected chi connectivity index (χ2v) is 7.07. The van der Waals surface area contributed by atoms with Crippen molar-refractivity contribution in [1.82, 2.24) is 0 Å². The van der Waals surface area contributed by atoms with E-state index >= 15 is 0 Å². The molecule has 3 nitrogen and oxygen atoms in total. The number of rotatable bonds is 10. The van der Waals surface area contributed by atoms with Crippen LogP contribution in [0.15, 0.2) is 30.3 Å². The molecule has 5 heteroatoms. The highest BCUT2D eigenvalue weighted by atomic mass is 32.1. The van der Waals surface area contributed by atoms with Crippen LogP contribution in [0.2, 0.25) is 0 Å². The van der Waals surface area contributed by atoms with Crippen molar-refractivity contribution in [1.29, 1.82) is 0 Å². The summed E-state index contributed by atoms with van der Waals surface area (Å²) in [6.45, 7) is 5.78. The molecule has 0 N–H and O–H groups in total. The highest BCUT2D eigenvalue weighted by molar-refractivity contribution is 7.80. The zero-order chi connectivity index (χ0) is 14.0. The van der Waals surface area contributed by atoms with Crippen molar-refractivity contribution >= 4 is 26.6 Å². The van der Waals surface area contributed by atoms with Gasteiger partial charge >= 0.3 is 8.80 Å².